The molecular formula is C19H24FN3O2. The van der Waals surface area contributed by atoms with Gasteiger partial charge in [-0.15, -0.1) is 0 Å². The fourth-order valence-electron chi connectivity index (χ4n) is 3.39. The molecule has 0 radical (unpaired) electrons. The number of rotatable bonds is 6. The van der Waals surface area contributed by atoms with E-state index in [4.69, 9.17) is 10.2 Å². The second kappa shape index (κ2) is 8.16. The van der Waals surface area contributed by atoms with Crippen LogP contribution in [-0.2, 0) is 0 Å². The maximum Gasteiger partial charge on any atom is 0.257 e. The number of piperidine rings is 1. The minimum atomic E-state index is -0.234. The molecule has 0 spiro atoms. The molecule has 5 nitrogen and oxygen atoms in total. The minimum Gasteiger partial charge on any atom is -0.472 e. The molecule has 25 heavy (non-hydrogen) atoms. The van der Waals surface area contributed by atoms with Crippen molar-refractivity contribution in [2.75, 3.05) is 31.1 Å². The predicted molar refractivity (Wildman–Crippen MR) is 95.1 cm³/mol. The molecule has 1 aromatic carbocycles. The van der Waals surface area contributed by atoms with E-state index in [0.29, 0.717) is 25.2 Å². The lowest BCUT2D eigenvalue weighted by molar-refractivity contribution is 0.0711. The fraction of sp³-hybridized carbons (Fsp3) is 0.421. The number of carbonyl (C=O) groups is 1. The van der Waals surface area contributed by atoms with Crippen molar-refractivity contribution in [2.24, 2.45) is 5.73 Å². The van der Waals surface area contributed by atoms with Gasteiger partial charge in [0.15, 0.2) is 0 Å². The number of hydrogen-bond acceptors (Lipinski definition) is 4. The molecule has 0 bridgehead atoms. The van der Waals surface area contributed by atoms with Gasteiger partial charge in [-0.3, -0.25) is 4.79 Å². The second-order valence-electron chi connectivity index (χ2n) is 6.35. The Morgan fingerprint density at radius 2 is 2.12 bits per heavy atom. The monoisotopic (exact) mass is 345 g/mol. The molecule has 1 saturated heterocycles. The number of halogens is 1. The average molecular weight is 345 g/mol. The number of carbonyl (C=O) groups excluding carboxylic acids is 1. The van der Waals surface area contributed by atoms with Gasteiger partial charge in [-0.25, -0.2) is 4.39 Å². The first-order valence-electron chi connectivity index (χ1n) is 8.73. The molecule has 2 aromatic rings. The number of furan rings is 1. The summed E-state index contributed by atoms with van der Waals surface area (Å²) in [7, 11) is 0. The summed E-state index contributed by atoms with van der Waals surface area (Å²) in [5, 5.41) is 0. The zero-order chi connectivity index (χ0) is 17.6. The van der Waals surface area contributed by atoms with Crippen LogP contribution in [0, 0.1) is 5.82 Å². The fourth-order valence-corrected chi connectivity index (χ4v) is 3.39. The summed E-state index contributed by atoms with van der Waals surface area (Å²) >= 11 is 0. The maximum atomic E-state index is 13.6. The van der Waals surface area contributed by atoms with Gasteiger partial charge < -0.3 is 20.0 Å². The number of nitrogens with two attached hydrogens (primary N) is 1. The molecule has 1 aliphatic rings. The van der Waals surface area contributed by atoms with Gasteiger partial charge in [0.25, 0.3) is 5.91 Å². The zero-order valence-electron chi connectivity index (χ0n) is 14.2. The van der Waals surface area contributed by atoms with Crippen LogP contribution in [0.5, 0.6) is 0 Å². The Balaban J connectivity index is 1.66. The summed E-state index contributed by atoms with van der Waals surface area (Å²) < 4.78 is 18.6. The Kier molecular flexibility index (Phi) is 5.71. The molecule has 2 N–H and O–H groups in total. The van der Waals surface area contributed by atoms with Crippen LogP contribution in [0.2, 0.25) is 0 Å². The normalized spacial score (nSPS) is 15.4. The molecule has 3 rings (SSSR count). The number of nitrogens with zero attached hydrogens (tertiary/aromatic N) is 2. The highest BCUT2D eigenvalue weighted by molar-refractivity contribution is 5.93. The van der Waals surface area contributed by atoms with Crippen LogP contribution in [0.3, 0.4) is 0 Å². The molecule has 1 aliphatic heterocycles. The summed E-state index contributed by atoms with van der Waals surface area (Å²) in [6.07, 6.45) is 5.55. The van der Waals surface area contributed by atoms with Gasteiger partial charge in [0, 0.05) is 31.4 Å². The van der Waals surface area contributed by atoms with E-state index in [1.54, 1.807) is 18.2 Å². The van der Waals surface area contributed by atoms with E-state index in [-0.39, 0.29) is 17.8 Å². The molecule has 1 amide bonds. The maximum absolute atomic E-state index is 13.6. The minimum absolute atomic E-state index is 0.00598. The highest BCUT2D eigenvalue weighted by Gasteiger charge is 2.28. The third-order valence-electron chi connectivity index (χ3n) is 4.70. The Morgan fingerprint density at radius 1 is 1.32 bits per heavy atom. The Hall–Kier alpha value is -2.34. The van der Waals surface area contributed by atoms with Crippen LogP contribution >= 0.6 is 0 Å². The third-order valence-corrected chi connectivity index (χ3v) is 4.70. The molecule has 1 aromatic heterocycles. The van der Waals surface area contributed by atoms with Crippen LogP contribution < -0.4 is 10.6 Å². The molecule has 1 fully saturated rings. The number of hydrogen-bond donors (Lipinski definition) is 1. The van der Waals surface area contributed by atoms with E-state index in [2.05, 4.69) is 4.90 Å². The Labute approximate surface area is 147 Å². The molecule has 0 aliphatic carbocycles. The van der Waals surface area contributed by atoms with Gasteiger partial charge in [0.2, 0.25) is 0 Å². The van der Waals surface area contributed by atoms with Crippen LogP contribution in [0.1, 0.15) is 29.6 Å². The van der Waals surface area contributed by atoms with Crippen molar-refractivity contribution in [3.8, 4) is 0 Å². The summed E-state index contributed by atoms with van der Waals surface area (Å²) in [5.41, 5.74) is 7.14. The van der Waals surface area contributed by atoms with Crippen molar-refractivity contribution in [3.63, 3.8) is 0 Å². The van der Waals surface area contributed by atoms with Crippen LogP contribution in [0.4, 0.5) is 10.1 Å². The summed E-state index contributed by atoms with van der Waals surface area (Å²) in [4.78, 5) is 16.5. The first kappa shape index (κ1) is 17.5. The lowest BCUT2D eigenvalue weighted by Crippen LogP contribution is -2.47. The summed E-state index contributed by atoms with van der Waals surface area (Å²) in [6.45, 7) is 2.76. The topological polar surface area (TPSA) is 62.7 Å². The van der Waals surface area contributed by atoms with Crippen molar-refractivity contribution in [2.45, 2.75) is 25.3 Å². The molecule has 134 valence electrons. The Morgan fingerprint density at radius 3 is 2.76 bits per heavy atom. The standard InChI is InChI=1S/C19H24FN3O2/c20-16-3-1-4-18(13-16)23(9-2-8-21)17-5-10-22(11-6-17)19(24)15-7-12-25-14-15/h1,3-4,7,12-14,17H,2,5-6,8-11,21H2. The third kappa shape index (κ3) is 4.20. The van der Waals surface area contributed by atoms with Gasteiger partial charge in [-0.05, 0) is 50.1 Å². The van der Waals surface area contributed by atoms with E-state index < -0.39 is 0 Å². The number of anilines is 1. The number of amides is 1. The van der Waals surface area contributed by atoms with Crippen LogP contribution in [0.25, 0.3) is 0 Å². The lowest BCUT2D eigenvalue weighted by atomic mass is 10.0. The van der Waals surface area contributed by atoms with Gasteiger partial charge in [0.05, 0.1) is 11.8 Å². The summed E-state index contributed by atoms with van der Waals surface area (Å²) in [5.74, 6) is -0.228. The van der Waals surface area contributed by atoms with E-state index in [9.17, 15) is 9.18 Å². The Bertz CT molecular complexity index is 682. The van der Waals surface area contributed by atoms with Crippen molar-refractivity contribution < 1.29 is 13.6 Å². The van der Waals surface area contributed by atoms with Crippen molar-refractivity contribution >= 4 is 11.6 Å². The number of likely N-dealkylation sites (tertiary alicyclic amines) is 1. The quantitative estimate of drug-likeness (QED) is 0.874. The molecule has 0 saturated carbocycles. The van der Waals surface area contributed by atoms with E-state index in [1.165, 1.54) is 18.6 Å². The first-order valence-corrected chi connectivity index (χ1v) is 8.73. The molecule has 0 unspecified atom stereocenters. The smallest absolute Gasteiger partial charge is 0.257 e. The van der Waals surface area contributed by atoms with Crippen molar-refractivity contribution in [1.82, 2.24) is 4.90 Å². The summed E-state index contributed by atoms with van der Waals surface area (Å²) in [6, 6.07) is 8.66. The molecule has 2 heterocycles. The van der Waals surface area contributed by atoms with Gasteiger partial charge in [0.1, 0.15) is 12.1 Å². The predicted octanol–water partition coefficient (Wildman–Crippen LogP) is 2.88. The van der Waals surface area contributed by atoms with Crippen LogP contribution in [0.15, 0.2) is 47.3 Å². The van der Waals surface area contributed by atoms with Crippen molar-refractivity contribution in [3.05, 3.63) is 54.2 Å². The van der Waals surface area contributed by atoms with Gasteiger partial charge >= 0.3 is 0 Å². The zero-order valence-corrected chi connectivity index (χ0v) is 14.2. The van der Waals surface area contributed by atoms with E-state index >= 15 is 0 Å². The van der Waals surface area contributed by atoms with Crippen LogP contribution in [-0.4, -0.2) is 43.0 Å². The highest BCUT2D eigenvalue weighted by atomic mass is 19.1. The average Bonchev–Trinajstić information content (AvgIpc) is 3.17. The van der Waals surface area contributed by atoms with E-state index in [1.807, 2.05) is 11.0 Å². The highest BCUT2D eigenvalue weighted by Crippen LogP contribution is 2.25. The first-order chi connectivity index (χ1) is 12.2. The second-order valence-corrected chi connectivity index (χ2v) is 6.35. The molecule has 6 heteroatoms. The lowest BCUT2D eigenvalue weighted by Gasteiger charge is -2.40. The van der Waals surface area contributed by atoms with E-state index in [0.717, 1.165) is 31.5 Å². The SMILES string of the molecule is NCCCN(c1cccc(F)c1)C1CCN(C(=O)c2ccoc2)CC1. The molecule has 0 atom stereocenters. The van der Waals surface area contributed by atoms with Crippen molar-refractivity contribution in [1.29, 1.82) is 0 Å². The number of benzene rings is 1. The molecular weight excluding hydrogens is 321 g/mol. The van der Waals surface area contributed by atoms with Gasteiger partial charge in [-0.2, -0.15) is 0 Å². The largest absolute Gasteiger partial charge is 0.472 e. The van der Waals surface area contributed by atoms with Gasteiger partial charge in [-0.1, -0.05) is 6.07 Å².